The molecule has 1 rings (SSSR count). The molecule has 0 aliphatic carbocycles. The number of ketones is 1. The molecule has 204 valence electrons. The second-order valence-electron chi connectivity index (χ2n) is 9.24. The molecule has 0 aromatic heterocycles. The fourth-order valence-corrected chi connectivity index (χ4v) is 3.87. The Hall–Kier alpha value is -1.56. The van der Waals surface area contributed by atoms with Gasteiger partial charge in [-0.2, -0.15) is 0 Å². The SMILES string of the molecule is C=C(CCCCC)NC(CCCCNC(=O)CCCCOC1OC(CO)C(O)C(O)C1O)C(C)=O. The van der Waals surface area contributed by atoms with Gasteiger partial charge in [-0.25, -0.2) is 0 Å². The highest BCUT2D eigenvalue weighted by atomic mass is 16.7. The number of aliphatic hydroxyl groups is 4. The van der Waals surface area contributed by atoms with Crippen molar-refractivity contribution in [1.29, 1.82) is 0 Å². The third-order valence-corrected chi connectivity index (χ3v) is 6.12. The molecule has 10 heteroatoms. The summed E-state index contributed by atoms with van der Waals surface area (Å²) in [7, 11) is 0. The molecule has 6 N–H and O–H groups in total. The minimum absolute atomic E-state index is 0.0663. The molecule has 0 saturated carbocycles. The van der Waals surface area contributed by atoms with Crippen molar-refractivity contribution in [3.05, 3.63) is 12.3 Å². The van der Waals surface area contributed by atoms with Crippen LogP contribution in [0.25, 0.3) is 0 Å². The summed E-state index contributed by atoms with van der Waals surface area (Å²) >= 11 is 0. The van der Waals surface area contributed by atoms with Crippen LogP contribution in [0.2, 0.25) is 0 Å². The lowest BCUT2D eigenvalue weighted by atomic mass is 9.99. The van der Waals surface area contributed by atoms with Crippen LogP contribution in [0.15, 0.2) is 12.3 Å². The summed E-state index contributed by atoms with van der Waals surface area (Å²) in [6.45, 7) is 7.98. The Kier molecular flexibility index (Phi) is 16.0. The summed E-state index contributed by atoms with van der Waals surface area (Å²) in [5.74, 6) is 0.0278. The van der Waals surface area contributed by atoms with Crippen LogP contribution >= 0.6 is 0 Å². The number of amides is 1. The van der Waals surface area contributed by atoms with E-state index >= 15 is 0 Å². The van der Waals surface area contributed by atoms with E-state index in [4.69, 9.17) is 9.47 Å². The third kappa shape index (κ3) is 12.3. The lowest BCUT2D eigenvalue weighted by Crippen LogP contribution is -2.59. The van der Waals surface area contributed by atoms with Gasteiger partial charge in [0.2, 0.25) is 5.91 Å². The molecule has 1 heterocycles. The highest BCUT2D eigenvalue weighted by molar-refractivity contribution is 5.81. The summed E-state index contributed by atoms with van der Waals surface area (Å²) in [4.78, 5) is 23.9. The summed E-state index contributed by atoms with van der Waals surface area (Å²) in [6, 6.07) is -0.233. The molecule has 0 radical (unpaired) electrons. The van der Waals surface area contributed by atoms with Crippen molar-refractivity contribution in [2.45, 2.75) is 115 Å². The predicted octanol–water partition coefficient (Wildman–Crippen LogP) is 0.901. The van der Waals surface area contributed by atoms with Gasteiger partial charge in [-0.05, 0) is 51.9 Å². The number of Topliss-reactive ketones (excluding diaryl/α,β-unsaturated/α-hetero) is 1. The first-order valence-corrected chi connectivity index (χ1v) is 12.8. The number of hydrogen-bond donors (Lipinski definition) is 6. The molecular weight excluding hydrogens is 456 g/mol. The van der Waals surface area contributed by atoms with Crippen LogP contribution in [0, 0.1) is 0 Å². The Balaban J connectivity index is 2.13. The van der Waals surface area contributed by atoms with Crippen molar-refractivity contribution in [1.82, 2.24) is 10.6 Å². The van der Waals surface area contributed by atoms with Crippen LogP contribution in [0.3, 0.4) is 0 Å². The minimum atomic E-state index is -1.47. The van der Waals surface area contributed by atoms with E-state index in [2.05, 4.69) is 24.1 Å². The number of nitrogens with one attached hydrogen (secondary N) is 2. The average Bonchev–Trinajstić information content (AvgIpc) is 2.82. The molecule has 1 aliphatic heterocycles. The van der Waals surface area contributed by atoms with Crippen molar-refractivity contribution in [3.8, 4) is 0 Å². The molecular formula is C25H46N2O8. The van der Waals surface area contributed by atoms with Gasteiger partial charge in [-0.15, -0.1) is 0 Å². The summed E-state index contributed by atoms with van der Waals surface area (Å²) in [6.07, 6.45) is 1.50. The smallest absolute Gasteiger partial charge is 0.219 e. The molecule has 1 fully saturated rings. The Bertz CT molecular complexity index is 631. The van der Waals surface area contributed by atoms with Crippen LogP contribution in [-0.2, 0) is 19.1 Å². The number of hydrogen-bond acceptors (Lipinski definition) is 9. The summed E-state index contributed by atoms with van der Waals surface area (Å²) in [5, 5.41) is 44.7. The first kappa shape index (κ1) is 31.5. The zero-order valence-corrected chi connectivity index (χ0v) is 21.3. The van der Waals surface area contributed by atoms with Gasteiger partial charge in [0.1, 0.15) is 24.4 Å². The lowest BCUT2D eigenvalue weighted by Gasteiger charge is -2.39. The molecule has 10 nitrogen and oxygen atoms in total. The van der Waals surface area contributed by atoms with E-state index in [9.17, 15) is 30.0 Å². The topological polar surface area (TPSA) is 158 Å². The second kappa shape index (κ2) is 17.8. The van der Waals surface area contributed by atoms with Gasteiger partial charge in [0, 0.05) is 25.3 Å². The van der Waals surface area contributed by atoms with E-state index in [1.54, 1.807) is 6.92 Å². The highest BCUT2D eigenvalue weighted by Crippen LogP contribution is 2.22. The fraction of sp³-hybridized carbons (Fsp3) is 0.840. The van der Waals surface area contributed by atoms with Crippen molar-refractivity contribution < 1.29 is 39.5 Å². The van der Waals surface area contributed by atoms with Crippen molar-refractivity contribution in [2.24, 2.45) is 0 Å². The standard InChI is InChI=1S/C25H46N2O8/c1-4-5-6-11-17(2)27-19(18(3)29)12-7-9-14-26-21(30)13-8-10-15-34-25-24(33)23(32)22(31)20(16-28)35-25/h19-20,22-25,27-28,31-33H,2,4-16H2,1,3H3,(H,26,30). The number of carbonyl (C=O) groups excluding carboxylic acids is 2. The molecule has 0 aromatic rings. The molecule has 0 aromatic carbocycles. The Morgan fingerprint density at radius 3 is 2.37 bits per heavy atom. The number of allylic oxidation sites excluding steroid dienone is 1. The van der Waals surface area contributed by atoms with Crippen LogP contribution in [-0.4, -0.2) is 88.6 Å². The maximum atomic E-state index is 12.0. The molecule has 0 spiro atoms. The van der Waals surface area contributed by atoms with Crippen molar-refractivity contribution in [3.63, 3.8) is 0 Å². The lowest BCUT2D eigenvalue weighted by molar-refractivity contribution is -0.301. The monoisotopic (exact) mass is 502 g/mol. The molecule has 6 unspecified atom stereocenters. The van der Waals surface area contributed by atoms with Gasteiger partial charge >= 0.3 is 0 Å². The van der Waals surface area contributed by atoms with Gasteiger partial charge in [-0.1, -0.05) is 26.3 Å². The van der Waals surface area contributed by atoms with Crippen molar-refractivity contribution in [2.75, 3.05) is 19.8 Å². The van der Waals surface area contributed by atoms with Crippen molar-refractivity contribution >= 4 is 11.7 Å². The maximum Gasteiger partial charge on any atom is 0.219 e. The Labute approximate surface area is 209 Å². The Morgan fingerprint density at radius 2 is 1.71 bits per heavy atom. The molecule has 1 amide bonds. The average molecular weight is 503 g/mol. The van der Waals surface area contributed by atoms with Crippen LogP contribution in [0.4, 0.5) is 0 Å². The quantitative estimate of drug-likeness (QED) is 0.141. The Morgan fingerprint density at radius 1 is 1.00 bits per heavy atom. The first-order chi connectivity index (χ1) is 16.7. The zero-order valence-electron chi connectivity index (χ0n) is 21.3. The van der Waals surface area contributed by atoms with E-state index in [0.29, 0.717) is 32.2 Å². The van der Waals surface area contributed by atoms with Gasteiger partial charge in [0.25, 0.3) is 0 Å². The largest absolute Gasteiger partial charge is 0.394 e. The minimum Gasteiger partial charge on any atom is -0.394 e. The third-order valence-electron chi connectivity index (χ3n) is 6.12. The second-order valence-corrected chi connectivity index (χ2v) is 9.24. The number of aliphatic hydroxyl groups excluding tert-OH is 4. The summed E-state index contributed by atoms with van der Waals surface area (Å²) in [5.41, 5.74) is 0.905. The first-order valence-electron chi connectivity index (χ1n) is 12.8. The van der Waals surface area contributed by atoms with E-state index in [1.165, 1.54) is 0 Å². The highest BCUT2D eigenvalue weighted by Gasteiger charge is 2.43. The van der Waals surface area contributed by atoms with E-state index in [-0.39, 0.29) is 24.3 Å². The molecule has 0 bridgehead atoms. The van der Waals surface area contributed by atoms with Crippen LogP contribution in [0.5, 0.6) is 0 Å². The molecule has 35 heavy (non-hydrogen) atoms. The van der Waals surface area contributed by atoms with E-state index in [1.807, 2.05) is 0 Å². The zero-order chi connectivity index (χ0) is 26.2. The fourth-order valence-electron chi connectivity index (χ4n) is 3.87. The molecule has 6 atom stereocenters. The predicted molar refractivity (Wildman–Crippen MR) is 131 cm³/mol. The van der Waals surface area contributed by atoms with Gasteiger partial charge in [-0.3, -0.25) is 9.59 Å². The van der Waals surface area contributed by atoms with E-state index in [0.717, 1.165) is 44.2 Å². The van der Waals surface area contributed by atoms with Crippen LogP contribution < -0.4 is 10.6 Å². The van der Waals surface area contributed by atoms with Crippen LogP contribution in [0.1, 0.15) is 78.1 Å². The van der Waals surface area contributed by atoms with Gasteiger partial charge < -0.3 is 40.5 Å². The number of ether oxygens (including phenoxy) is 2. The number of unbranched alkanes of at least 4 members (excludes halogenated alkanes) is 4. The molecule has 1 saturated heterocycles. The van der Waals surface area contributed by atoms with Gasteiger partial charge in [0.15, 0.2) is 12.1 Å². The van der Waals surface area contributed by atoms with E-state index < -0.39 is 37.3 Å². The number of carbonyl (C=O) groups is 2. The molecule has 1 aliphatic rings. The number of rotatable bonds is 19. The normalized spacial score (nSPS) is 25.1. The van der Waals surface area contributed by atoms with Gasteiger partial charge in [0.05, 0.1) is 12.6 Å². The maximum absolute atomic E-state index is 12.0. The summed E-state index contributed by atoms with van der Waals surface area (Å²) < 4.78 is 10.7.